The summed E-state index contributed by atoms with van der Waals surface area (Å²) < 4.78 is 40.4. The van der Waals surface area contributed by atoms with E-state index in [1.165, 1.54) is 30.5 Å². The van der Waals surface area contributed by atoms with Crippen molar-refractivity contribution in [3.8, 4) is 0 Å². The number of carbonyl (C=O) groups excluding carboxylic acids is 3. The lowest BCUT2D eigenvalue weighted by Crippen LogP contribution is -2.47. The summed E-state index contributed by atoms with van der Waals surface area (Å²) in [6.07, 6.45) is -0.549. The first-order valence-corrected chi connectivity index (χ1v) is 13.6. The highest BCUT2D eigenvalue weighted by atomic mass is 19.3. The number of halogens is 2. The van der Waals surface area contributed by atoms with Crippen molar-refractivity contribution in [1.29, 1.82) is 0 Å². The Balaban J connectivity index is 1.96. The predicted octanol–water partition coefficient (Wildman–Crippen LogP) is 3.21. The molecule has 14 nitrogen and oxygen atoms in total. The van der Waals surface area contributed by atoms with E-state index in [9.17, 15) is 28.0 Å². The number of aryl methyl sites for hydroxylation is 1. The van der Waals surface area contributed by atoms with E-state index in [0.29, 0.717) is 5.69 Å². The van der Waals surface area contributed by atoms with Crippen LogP contribution in [0.1, 0.15) is 52.8 Å². The number of anilines is 1. The van der Waals surface area contributed by atoms with Gasteiger partial charge in [-0.15, -0.1) is 0 Å². The molecule has 1 heterocycles. The van der Waals surface area contributed by atoms with Crippen molar-refractivity contribution in [1.82, 2.24) is 25.5 Å². The Kier molecular flexibility index (Phi) is 12.2. The Hall–Kier alpha value is -4.76. The minimum Gasteiger partial charge on any atom is -0.444 e. The predicted molar refractivity (Wildman–Crippen MR) is 157 cm³/mol. The Morgan fingerprint density at radius 3 is 2.07 bits per heavy atom. The molecule has 16 heteroatoms. The zero-order valence-electron chi connectivity index (χ0n) is 25.7. The van der Waals surface area contributed by atoms with Crippen LogP contribution in [0, 0.1) is 6.92 Å². The Morgan fingerprint density at radius 2 is 1.52 bits per heavy atom. The molecule has 1 aromatic carbocycles. The molecule has 2 aromatic rings. The molecule has 1 aromatic heterocycles. The number of aromatic nitrogens is 2. The first-order chi connectivity index (χ1) is 20.4. The van der Waals surface area contributed by atoms with Gasteiger partial charge in [-0.25, -0.2) is 14.6 Å². The van der Waals surface area contributed by atoms with Gasteiger partial charge >= 0.3 is 12.2 Å². The molecule has 0 spiro atoms. The van der Waals surface area contributed by atoms with E-state index in [1.54, 1.807) is 54.5 Å². The average Bonchev–Trinajstić information content (AvgIpc) is 2.88. The van der Waals surface area contributed by atoms with Gasteiger partial charge in [0.05, 0.1) is 13.1 Å². The van der Waals surface area contributed by atoms with Gasteiger partial charge in [-0.2, -0.15) is 8.78 Å². The van der Waals surface area contributed by atoms with Gasteiger partial charge in [0, 0.05) is 17.5 Å². The maximum absolute atomic E-state index is 14.5. The third-order valence-electron chi connectivity index (χ3n) is 5.14. The quantitative estimate of drug-likeness (QED) is 0.134. The topological polar surface area (TPSA) is 174 Å². The molecule has 0 saturated heterocycles. The van der Waals surface area contributed by atoms with E-state index >= 15 is 0 Å². The summed E-state index contributed by atoms with van der Waals surface area (Å²) in [6, 6.07) is 7.13. The van der Waals surface area contributed by atoms with Gasteiger partial charge < -0.3 is 24.9 Å². The molecule has 0 aliphatic heterocycles. The molecule has 242 valence electrons. The second-order valence-electron chi connectivity index (χ2n) is 11.4. The number of benzene rings is 1. The molecular weight excluding hydrogens is 584 g/mol. The first-order valence-electron chi connectivity index (χ1n) is 13.6. The molecule has 3 amide bonds. The second-order valence-corrected chi connectivity index (χ2v) is 11.4. The standard InChI is InChI=1S/C28H39F2N7O7/c1-18-15-32-21(33-17-28(29,30)19-11-9-8-10-12-19)22(39)37(18)16-20(38)31-13-14-42-36-23(34-24(40)43-26(2,3)4)35-25(41)44-27(5,6)7/h8-12,15H,13-14,16-17H2,1-7H3,(H,31,38)(H,32,33)(H2,34,35,36,40,41). The van der Waals surface area contributed by atoms with Gasteiger partial charge in [0.25, 0.3) is 17.4 Å². The molecule has 0 bridgehead atoms. The lowest BCUT2D eigenvalue weighted by atomic mass is 10.1. The highest BCUT2D eigenvalue weighted by Crippen LogP contribution is 2.27. The van der Waals surface area contributed by atoms with Crippen molar-refractivity contribution in [2.45, 2.75) is 72.1 Å². The molecule has 0 unspecified atom stereocenters. The largest absolute Gasteiger partial charge is 0.444 e. The fourth-order valence-corrected chi connectivity index (χ4v) is 3.29. The van der Waals surface area contributed by atoms with Gasteiger partial charge in [0.2, 0.25) is 5.91 Å². The number of ether oxygens (including phenoxy) is 2. The van der Waals surface area contributed by atoms with Crippen LogP contribution in [0.25, 0.3) is 0 Å². The van der Waals surface area contributed by atoms with E-state index in [-0.39, 0.29) is 24.5 Å². The van der Waals surface area contributed by atoms with Crippen molar-refractivity contribution >= 4 is 29.9 Å². The molecular formula is C28H39F2N7O7. The SMILES string of the molecule is Cc1cnc(NCC(F)(F)c2ccccc2)c(=O)n1CC(=O)NCCON=C(NC(=O)OC(C)(C)C)NC(=O)OC(C)(C)C. The number of rotatable bonds is 10. The van der Waals surface area contributed by atoms with Crippen LogP contribution in [-0.4, -0.2) is 64.5 Å². The molecule has 0 radical (unpaired) electrons. The third-order valence-corrected chi connectivity index (χ3v) is 5.14. The summed E-state index contributed by atoms with van der Waals surface area (Å²) in [6.45, 7) is 9.83. The minimum atomic E-state index is -3.27. The van der Waals surface area contributed by atoms with Crippen LogP contribution < -0.4 is 26.8 Å². The third kappa shape index (κ3) is 12.6. The number of oxime groups is 1. The summed E-state index contributed by atoms with van der Waals surface area (Å²) in [5.41, 5.74) is -2.30. The van der Waals surface area contributed by atoms with Gasteiger partial charge in [-0.1, -0.05) is 30.3 Å². The van der Waals surface area contributed by atoms with Crippen molar-refractivity contribution < 1.29 is 37.5 Å². The highest BCUT2D eigenvalue weighted by Gasteiger charge is 2.31. The van der Waals surface area contributed by atoms with Crippen LogP contribution in [0.5, 0.6) is 0 Å². The Morgan fingerprint density at radius 1 is 0.955 bits per heavy atom. The molecule has 0 saturated carbocycles. The fraction of sp³-hybridized carbons (Fsp3) is 0.500. The van der Waals surface area contributed by atoms with Crippen LogP contribution in [-0.2, 0) is 31.6 Å². The normalized spacial score (nSPS) is 11.6. The molecule has 0 fully saturated rings. The number of alkyl halides is 2. The van der Waals surface area contributed by atoms with Gasteiger partial charge in [-0.05, 0) is 53.6 Å². The van der Waals surface area contributed by atoms with Crippen LogP contribution in [0.2, 0.25) is 0 Å². The van der Waals surface area contributed by atoms with Crippen molar-refractivity contribution in [3.05, 3.63) is 58.1 Å². The van der Waals surface area contributed by atoms with Crippen LogP contribution in [0.15, 0.2) is 46.5 Å². The zero-order valence-corrected chi connectivity index (χ0v) is 25.7. The molecule has 0 aliphatic rings. The maximum Gasteiger partial charge on any atom is 0.414 e. The lowest BCUT2D eigenvalue weighted by Gasteiger charge is -2.21. The summed E-state index contributed by atoms with van der Waals surface area (Å²) in [5.74, 6) is -4.61. The fourth-order valence-electron chi connectivity index (χ4n) is 3.29. The number of hydrogen-bond acceptors (Lipinski definition) is 10. The number of alkyl carbamates (subject to hydrolysis) is 2. The molecule has 0 atom stereocenters. The summed E-state index contributed by atoms with van der Waals surface area (Å²) in [7, 11) is 0. The Labute approximate surface area is 253 Å². The zero-order chi connectivity index (χ0) is 33.1. The second kappa shape index (κ2) is 15.1. The summed E-state index contributed by atoms with van der Waals surface area (Å²) in [5, 5.41) is 13.0. The van der Waals surface area contributed by atoms with Gasteiger partial charge in [0.15, 0.2) is 5.82 Å². The summed E-state index contributed by atoms with van der Waals surface area (Å²) in [4.78, 5) is 58.6. The van der Waals surface area contributed by atoms with E-state index < -0.39 is 59.8 Å². The van der Waals surface area contributed by atoms with E-state index in [2.05, 4.69) is 31.4 Å². The van der Waals surface area contributed by atoms with Crippen LogP contribution >= 0.6 is 0 Å². The lowest BCUT2D eigenvalue weighted by molar-refractivity contribution is -0.122. The van der Waals surface area contributed by atoms with Gasteiger partial charge in [0.1, 0.15) is 24.4 Å². The van der Waals surface area contributed by atoms with Crippen molar-refractivity contribution in [2.75, 3.05) is 25.0 Å². The first kappa shape index (κ1) is 35.4. The monoisotopic (exact) mass is 623 g/mol. The maximum atomic E-state index is 14.5. The van der Waals surface area contributed by atoms with Crippen LogP contribution in [0.4, 0.5) is 24.2 Å². The number of guanidine groups is 1. The molecule has 44 heavy (non-hydrogen) atoms. The van der Waals surface area contributed by atoms with Crippen molar-refractivity contribution in [2.24, 2.45) is 5.16 Å². The smallest absolute Gasteiger partial charge is 0.414 e. The van der Waals surface area contributed by atoms with Gasteiger partial charge in [-0.3, -0.25) is 24.8 Å². The van der Waals surface area contributed by atoms with E-state index in [1.807, 2.05) is 0 Å². The number of hydrogen-bond donors (Lipinski definition) is 4. The van der Waals surface area contributed by atoms with Crippen molar-refractivity contribution in [3.63, 3.8) is 0 Å². The number of nitrogens with one attached hydrogen (secondary N) is 4. The number of carbonyl (C=O) groups is 3. The average molecular weight is 624 g/mol. The summed E-state index contributed by atoms with van der Waals surface area (Å²) >= 11 is 0. The van der Waals surface area contributed by atoms with E-state index in [0.717, 1.165) is 4.57 Å². The number of nitrogens with zero attached hydrogens (tertiary/aromatic N) is 3. The van der Waals surface area contributed by atoms with Crippen LogP contribution in [0.3, 0.4) is 0 Å². The molecule has 4 N–H and O–H groups in total. The van der Waals surface area contributed by atoms with E-state index in [4.69, 9.17) is 14.3 Å². The molecule has 2 rings (SSSR count). The number of amides is 3. The molecule has 0 aliphatic carbocycles. The minimum absolute atomic E-state index is 0.0816. The highest BCUT2D eigenvalue weighted by molar-refractivity contribution is 6.01. The Bertz CT molecular complexity index is 1350.